The number of esters is 2. The average Bonchev–Trinajstić information content (AvgIpc) is 3.02. The van der Waals surface area contributed by atoms with Crippen LogP contribution in [0.3, 0.4) is 0 Å². The van der Waals surface area contributed by atoms with Crippen molar-refractivity contribution in [1.29, 1.82) is 0 Å². The highest BCUT2D eigenvalue weighted by molar-refractivity contribution is 6.29. The van der Waals surface area contributed by atoms with Gasteiger partial charge in [-0.3, -0.25) is 0 Å². The van der Waals surface area contributed by atoms with E-state index >= 15 is 0 Å². The highest BCUT2D eigenvalue weighted by Gasteiger charge is 2.29. The van der Waals surface area contributed by atoms with Crippen molar-refractivity contribution in [3.8, 4) is 0 Å². The van der Waals surface area contributed by atoms with Gasteiger partial charge in [-0.2, -0.15) is 0 Å². The number of carbonyl (C=O) groups is 2. The molecular weight excluding hydrogens is 192 g/mol. The van der Waals surface area contributed by atoms with Gasteiger partial charge < -0.3 is 18.9 Å². The van der Waals surface area contributed by atoms with Crippen LogP contribution in [-0.2, 0) is 28.5 Å². The van der Waals surface area contributed by atoms with Crippen molar-refractivity contribution in [3.05, 3.63) is 0 Å². The maximum Gasteiger partial charge on any atom is 0.417 e. The molecule has 0 aromatic heterocycles. The minimum atomic E-state index is -0.971. The summed E-state index contributed by atoms with van der Waals surface area (Å²) >= 11 is 0. The molecule has 6 nitrogen and oxygen atoms in total. The van der Waals surface area contributed by atoms with Crippen molar-refractivity contribution >= 4 is 11.9 Å². The van der Waals surface area contributed by atoms with Crippen molar-refractivity contribution in [2.75, 3.05) is 26.4 Å². The molecule has 2 aliphatic rings. The van der Waals surface area contributed by atoms with E-state index in [1.165, 1.54) is 0 Å². The predicted molar refractivity (Wildman–Crippen MR) is 41.4 cm³/mol. The predicted octanol–water partition coefficient (Wildman–Crippen LogP) is -1.13. The Kier molecular flexibility index (Phi) is 2.64. The number of carbonyl (C=O) groups excluding carboxylic acids is 2. The molecular formula is C8H10O6. The van der Waals surface area contributed by atoms with Crippen LogP contribution in [0.2, 0.25) is 0 Å². The Balaban J connectivity index is 1.58. The monoisotopic (exact) mass is 202 g/mol. The number of hydrogen-bond acceptors (Lipinski definition) is 6. The first kappa shape index (κ1) is 9.42. The standard InChI is InChI=1S/C8H10O6/c9-7(13-3-5-1-11-5)8(10)14-4-6-2-12-6/h5-6H,1-4H2. The van der Waals surface area contributed by atoms with Crippen LogP contribution >= 0.6 is 0 Å². The number of epoxide rings is 2. The molecule has 0 amide bonds. The first-order valence-corrected chi connectivity index (χ1v) is 4.33. The Morgan fingerprint density at radius 1 is 1.00 bits per heavy atom. The molecule has 2 fully saturated rings. The van der Waals surface area contributed by atoms with Crippen LogP contribution in [0.4, 0.5) is 0 Å². The first-order valence-electron chi connectivity index (χ1n) is 4.33. The molecule has 0 aromatic rings. The first-order chi connectivity index (χ1) is 6.75. The average molecular weight is 202 g/mol. The van der Waals surface area contributed by atoms with Crippen LogP contribution in [0.1, 0.15) is 0 Å². The third-order valence-corrected chi connectivity index (χ3v) is 1.77. The summed E-state index contributed by atoms with van der Waals surface area (Å²) in [6.45, 7) is 1.40. The van der Waals surface area contributed by atoms with Gasteiger partial charge in [0.25, 0.3) is 0 Å². The van der Waals surface area contributed by atoms with E-state index in [4.69, 9.17) is 9.47 Å². The van der Waals surface area contributed by atoms with Crippen LogP contribution in [0, 0.1) is 0 Å². The van der Waals surface area contributed by atoms with E-state index in [-0.39, 0.29) is 25.4 Å². The van der Waals surface area contributed by atoms with Crippen molar-refractivity contribution in [2.45, 2.75) is 12.2 Å². The Morgan fingerprint density at radius 3 is 1.64 bits per heavy atom. The van der Waals surface area contributed by atoms with Gasteiger partial charge in [0.2, 0.25) is 0 Å². The van der Waals surface area contributed by atoms with Gasteiger partial charge in [-0.05, 0) is 0 Å². The molecule has 2 rings (SSSR count). The summed E-state index contributed by atoms with van der Waals surface area (Å²) in [5.74, 6) is -1.94. The summed E-state index contributed by atoms with van der Waals surface area (Å²) in [7, 11) is 0. The van der Waals surface area contributed by atoms with Crippen LogP contribution in [0.25, 0.3) is 0 Å². The highest BCUT2D eigenvalue weighted by atomic mass is 16.6. The second-order valence-corrected chi connectivity index (χ2v) is 3.11. The van der Waals surface area contributed by atoms with E-state index in [0.29, 0.717) is 13.2 Å². The van der Waals surface area contributed by atoms with Crippen molar-refractivity contribution < 1.29 is 28.5 Å². The summed E-state index contributed by atoms with van der Waals surface area (Å²) in [4.78, 5) is 21.8. The molecule has 0 bridgehead atoms. The molecule has 2 heterocycles. The smallest absolute Gasteiger partial charge is 0.417 e. The van der Waals surface area contributed by atoms with Crippen LogP contribution < -0.4 is 0 Å². The van der Waals surface area contributed by atoms with Crippen molar-refractivity contribution in [2.24, 2.45) is 0 Å². The quantitative estimate of drug-likeness (QED) is 0.326. The largest absolute Gasteiger partial charge is 0.454 e. The molecule has 14 heavy (non-hydrogen) atoms. The molecule has 6 heteroatoms. The molecule has 2 aliphatic heterocycles. The molecule has 0 spiro atoms. The molecule has 78 valence electrons. The molecule has 0 aliphatic carbocycles. The van der Waals surface area contributed by atoms with Gasteiger partial charge >= 0.3 is 11.9 Å². The van der Waals surface area contributed by atoms with Gasteiger partial charge in [0.05, 0.1) is 13.2 Å². The Morgan fingerprint density at radius 2 is 1.36 bits per heavy atom. The van der Waals surface area contributed by atoms with Gasteiger partial charge in [0, 0.05) is 0 Å². The lowest BCUT2D eigenvalue weighted by atomic mass is 10.5. The lowest BCUT2D eigenvalue weighted by Crippen LogP contribution is -2.23. The summed E-state index contributed by atoms with van der Waals surface area (Å²) < 4.78 is 18.8. The van der Waals surface area contributed by atoms with Crippen LogP contribution in [-0.4, -0.2) is 50.6 Å². The number of rotatable bonds is 4. The van der Waals surface area contributed by atoms with Crippen molar-refractivity contribution in [3.63, 3.8) is 0 Å². The zero-order chi connectivity index (χ0) is 9.97. The van der Waals surface area contributed by atoms with E-state index in [0.717, 1.165) is 0 Å². The fraction of sp³-hybridized carbons (Fsp3) is 0.750. The van der Waals surface area contributed by atoms with Crippen LogP contribution in [0.15, 0.2) is 0 Å². The Labute approximate surface area is 80.1 Å². The fourth-order valence-electron chi connectivity index (χ4n) is 0.784. The summed E-state index contributed by atoms with van der Waals surface area (Å²) in [5, 5.41) is 0. The molecule has 0 radical (unpaired) electrons. The summed E-state index contributed by atoms with van der Waals surface area (Å²) in [6.07, 6.45) is -0.0861. The summed E-state index contributed by atoms with van der Waals surface area (Å²) in [6, 6.07) is 0. The fourth-order valence-corrected chi connectivity index (χ4v) is 0.784. The second kappa shape index (κ2) is 3.93. The van der Waals surface area contributed by atoms with Gasteiger partial charge in [-0.25, -0.2) is 9.59 Å². The summed E-state index contributed by atoms with van der Waals surface area (Å²) in [5.41, 5.74) is 0. The van der Waals surface area contributed by atoms with Crippen molar-refractivity contribution in [1.82, 2.24) is 0 Å². The lowest BCUT2D eigenvalue weighted by molar-refractivity contribution is -0.168. The molecule has 0 saturated carbocycles. The Bertz CT molecular complexity index is 216. The van der Waals surface area contributed by atoms with E-state index in [2.05, 4.69) is 9.47 Å². The number of ether oxygens (including phenoxy) is 4. The van der Waals surface area contributed by atoms with E-state index < -0.39 is 11.9 Å². The normalized spacial score (nSPS) is 28.0. The third-order valence-electron chi connectivity index (χ3n) is 1.77. The molecule has 2 saturated heterocycles. The van der Waals surface area contributed by atoms with Crippen LogP contribution in [0.5, 0.6) is 0 Å². The highest BCUT2D eigenvalue weighted by Crippen LogP contribution is 2.10. The molecule has 2 unspecified atom stereocenters. The van der Waals surface area contributed by atoms with Gasteiger partial charge in [0.1, 0.15) is 25.4 Å². The minimum absolute atomic E-state index is 0.0430. The topological polar surface area (TPSA) is 77.7 Å². The van der Waals surface area contributed by atoms with Gasteiger partial charge in [0.15, 0.2) is 0 Å². The third kappa shape index (κ3) is 2.97. The van der Waals surface area contributed by atoms with Gasteiger partial charge in [-0.1, -0.05) is 0 Å². The maximum absolute atomic E-state index is 10.9. The lowest BCUT2D eigenvalue weighted by Gasteiger charge is -2.02. The molecule has 0 aromatic carbocycles. The number of hydrogen-bond donors (Lipinski definition) is 0. The second-order valence-electron chi connectivity index (χ2n) is 3.11. The van der Waals surface area contributed by atoms with E-state index in [1.807, 2.05) is 0 Å². The SMILES string of the molecule is O=C(OCC1CO1)C(=O)OCC1CO1. The molecule has 2 atom stereocenters. The molecule has 0 N–H and O–H groups in total. The van der Waals surface area contributed by atoms with Gasteiger partial charge in [-0.15, -0.1) is 0 Å². The minimum Gasteiger partial charge on any atom is -0.454 e. The van der Waals surface area contributed by atoms with E-state index in [1.54, 1.807) is 0 Å². The zero-order valence-electron chi connectivity index (χ0n) is 7.43. The maximum atomic E-state index is 10.9. The van der Waals surface area contributed by atoms with E-state index in [9.17, 15) is 9.59 Å². The Hall–Kier alpha value is -1.14. The zero-order valence-corrected chi connectivity index (χ0v) is 7.43.